The van der Waals surface area contributed by atoms with Crippen LogP contribution in [0.1, 0.15) is 52.4 Å². The van der Waals surface area contributed by atoms with Crippen molar-refractivity contribution in [1.29, 1.82) is 0 Å². The quantitative estimate of drug-likeness (QED) is 0.710. The summed E-state index contributed by atoms with van der Waals surface area (Å²) in [5.41, 5.74) is 5.76. The van der Waals surface area contributed by atoms with Gasteiger partial charge in [0.25, 0.3) is 0 Å². The summed E-state index contributed by atoms with van der Waals surface area (Å²) >= 11 is 0. The van der Waals surface area contributed by atoms with E-state index in [9.17, 15) is 0 Å². The Morgan fingerprint density at radius 2 is 2.00 bits per heavy atom. The van der Waals surface area contributed by atoms with E-state index in [0.29, 0.717) is 6.04 Å². The van der Waals surface area contributed by atoms with E-state index in [4.69, 9.17) is 5.73 Å². The molecule has 2 nitrogen and oxygen atoms in total. The molecule has 0 aromatic heterocycles. The van der Waals surface area contributed by atoms with Gasteiger partial charge in [-0.1, -0.05) is 19.8 Å². The highest BCUT2D eigenvalue weighted by atomic mass is 15.1. The third kappa shape index (κ3) is 3.97. The minimum atomic E-state index is 0.372. The maximum atomic E-state index is 5.76. The van der Waals surface area contributed by atoms with E-state index in [-0.39, 0.29) is 0 Å². The van der Waals surface area contributed by atoms with Crippen LogP contribution in [0.5, 0.6) is 0 Å². The molecule has 0 bridgehead atoms. The lowest BCUT2D eigenvalue weighted by Crippen LogP contribution is -2.34. The summed E-state index contributed by atoms with van der Waals surface area (Å²) in [6, 6.07) is 1.25. The van der Waals surface area contributed by atoms with Crippen molar-refractivity contribution >= 4 is 0 Å². The van der Waals surface area contributed by atoms with Gasteiger partial charge in [0, 0.05) is 12.1 Å². The molecule has 0 aromatic carbocycles. The van der Waals surface area contributed by atoms with E-state index in [1.54, 1.807) is 0 Å². The topological polar surface area (TPSA) is 29.3 Å². The molecular weight excluding hydrogens is 172 g/mol. The molecule has 0 amide bonds. The number of nitrogens with two attached hydrogens (primary N) is 1. The van der Waals surface area contributed by atoms with E-state index in [2.05, 4.69) is 18.7 Å². The van der Waals surface area contributed by atoms with E-state index < -0.39 is 0 Å². The molecule has 0 radical (unpaired) electrons. The molecule has 0 aromatic rings. The van der Waals surface area contributed by atoms with Crippen molar-refractivity contribution in [3.63, 3.8) is 0 Å². The first-order valence-corrected chi connectivity index (χ1v) is 6.23. The van der Waals surface area contributed by atoms with Gasteiger partial charge in [0.1, 0.15) is 0 Å². The summed E-state index contributed by atoms with van der Waals surface area (Å²) in [5, 5.41) is 0. The van der Waals surface area contributed by atoms with Crippen LogP contribution in [0.2, 0.25) is 0 Å². The Kier molecular flexibility index (Phi) is 5.49. The van der Waals surface area contributed by atoms with Crippen molar-refractivity contribution in [1.82, 2.24) is 4.90 Å². The Morgan fingerprint density at radius 3 is 2.50 bits per heavy atom. The Bertz CT molecular complexity index is 139. The Morgan fingerprint density at radius 1 is 1.36 bits per heavy atom. The van der Waals surface area contributed by atoms with Crippen molar-refractivity contribution in [2.45, 2.75) is 64.5 Å². The van der Waals surface area contributed by atoms with E-state index >= 15 is 0 Å². The van der Waals surface area contributed by atoms with E-state index in [0.717, 1.165) is 6.04 Å². The summed E-state index contributed by atoms with van der Waals surface area (Å²) in [7, 11) is 0. The van der Waals surface area contributed by atoms with Gasteiger partial charge in [-0.3, -0.25) is 0 Å². The Hall–Kier alpha value is -0.0800. The average molecular weight is 198 g/mol. The predicted octanol–water partition coefficient (Wildman–Crippen LogP) is 2.38. The van der Waals surface area contributed by atoms with Gasteiger partial charge in [-0.2, -0.15) is 0 Å². The lowest BCUT2D eigenvalue weighted by molar-refractivity contribution is 0.204. The van der Waals surface area contributed by atoms with Gasteiger partial charge in [-0.05, 0) is 45.7 Å². The molecule has 1 fully saturated rings. The van der Waals surface area contributed by atoms with Crippen molar-refractivity contribution in [3.8, 4) is 0 Å². The summed E-state index contributed by atoms with van der Waals surface area (Å²) in [6.07, 6.45) is 8.16. The van der Waals surface area contributed by atoms with Gasteiger partial charge < -0.3 is 10.6 Å². The molecule has 1 aliphatic rings. The summed E-state index contributed by atoms with van der Waals surface area (Å²) in [6.45, 7) is 6.85. The van der Waals surface area contributed by atoms with Gasteiger partial charge >= 0.3 is 0 Å². The second kappa shape index (κ2) is 6.41. The second-order valence-electron chi connectivity index (χ2n) is 4.69. The van der Waals surface area contributed by atoms with Gasteiger partial charge in [-0.25, -0.2) is 0 Å². The monoisotopic (exact) mass is 198 g/mol. The van der Waals surface area contributed by atoms with Crippen LogP contribution in [-0.2, 0) is 0 Å². The second-order valence-corrected chi connectivity index (χ2v) is 4.69. The molecule has 1 saturated carbocycles. The van der Waals surface area contributed by atoms with Gasteiger partial charge in [0.2, 0.25) is 0 Å². The molecule has 1 atom stereocenters. The molecule has 0 aliphatic heterocycles. The zero-order chi connectivity index (χ0) is 10.4. The van der Waals surface area contributed by atoms with Crippen LogP contribution < -0.4 is 5.73 Å². The molecule has 0 spiro atoms. The minimum Gasteiger partial charge on any atom is -0.328 e. The standard InChI is InChI=1S/C12H26N2/c1-3-14(10-6-7-11(2)13)12-8-4-5-9-12/h11-12H,3-10,13H2,1-2H3. The SMILES string of the molecule is CCN(CCCC(C)N)C1CCCC1. The van der Waals surface area contributed by atoms with Gasteiger partial charge in [-0.15, -0.1) is 0 Å². The molecule has 2 N–H and O–H groups in total. The van der Waals surface area contributed by atoms with Crippen LogP contribution in [0.3, 0.4) is 0 Å². The number of hydrogen-bond donors (Lipinski definition) is 1. The lowest BCUT2D eigenvalue weighted by Gasteiger charge is -2.27. The maximum absolute atomic E-state index is 5.76. The van der Waals surface area contributed by atoms with Gasteiger partial charge in [0.05, 0.1) is 0 Å². The van der Waals surface area contributed by atoms with Crippen molar-refractivity contribution in [2.24, 2.45) is 5.73 Å². The summed E-state index contributed by atoms with van der Waals surface area (Å²) < 4.78 is 0. The molecule has 1 unspecified atom stereocenters. The maximum Gasteiger partial charge on any atom is 0.00951 e. The van der Waals surface area contributed by atoms with Crippen LogP contribution in [0.25, 0.3) is 0 Å². The highest BCUT2D eigenvalue weighted by molar-refractivity contribution is 4.76. The highest BCUT2D eigenvalue weighted by Gasteiger charge is 2.20. The fraction of sp³-hybridized carbons (Fsp3) is 1.00. The van der Waals surface area contributed by atoms with E-state index in [1.165, 1.54) is 51.6 Å². The zero-order valence-corrected chi connectivity index (χ0v) is 9.84. The molecule has 2 heteroatoms. The highest BCUT2D eigenvalue weighted by Crippen LogP contribution is 2.23. The summed E-state index contributed by atoms with van der Waals surface area (Å²) in [5.74, 6) is 0. The Labute approximate surface area is 88.8 Å². The Balaban J connectivity index is 2.17. The first-order valence-electron chi connectivity index (χ1n) is 6.23. The van der Waals surface area contributed by atoms with Crippen LogP contribution in [0.15, 0.2) is 0 Å². The van der Waals surface area contributed by atoms with Crippen LogP contribution in [0.4, 0.5) is 0 Å². The third-order valence-electron chi connectivity index (χ3n) is 3.35. The average Bonchev–Trinajstić information content (AvgIpc) is 2.64. The fourth-order valence-corrected chi connectivity index (χ4v) is 2.48. The number of nitrogens with zero attached hydrogens (tertiary/aromatic N) is 1. The largest absolute Gasteiger partial charge is 0.328 e. The fourth-order valence-electron chi connectivity index (χ4n) is 2.48. The number of hydrogen-bond acceptors (Lipinski definition) is 2. The van der Waals surface area contributed by atoms with Crippen molar-refractivity contribution in [3.05, 3.63) is 0 Å². The first kappa shape index (κ1) is 12.0. The number of rotatable bonds is 6. The molecule has 0 saturated heterocycles. The molecule has 1 rings (SSSR count). The smallest absolute Gasteiger partial charge is 0.00951 e. The van der Waals surface area contributed by atoms with Crippen LogP contribution in [0, 0.1) is 0 Å². The van der Waals surface area contributed by atoms with Crippen molar-refractivity contribution < 1.29 is 0 Å². The molecule has 84 valence electrons. The van der Waals surface area contributed by atoms with Crippen LogP contribution in [-0.4, -0.2) is 30.1 Å². The minimum absolute atomic E-state index is 0.372. The predicted molar refractivity (Wildman–Crippen MR) is 62.4 cm³/mol. The normalized spacial score (nSPS) is 20.6. The first-order chi connectivity index (χ1) is 6.74. The molecule has 1 aliphatic carbocycles. The summed E-state index contributed by atoms with van der Waals surface area (Å²) in [4.78, 5) is 2.65. The lowest BCUT2D eigenvalue weighted by atomic mass is 10.1. The molecule has 0 heterocycles. The molecular formula is C12H26N2. The van der Waals surface area contributed by atoms with Crippen LogP contribution >= 0.6 is 0 Å². The van der Waals surface area contributed by atoms with E-state index in [1.807, 2.05) is 0 Å². The van der Waals surface area contributed by atoms with Crippen molar-refractivity contribution in [2.75, 3.05) is 13.1 Å². The molecule has 14 heavy (non-hydrogen) atoms. The third-order valence-corrected chi connectivity index (χ3v) is 3.35. The van der Waals surface area contributed by atoms with Gasteiger partial charge in [0.15, 0.2) is 0 Å². The zero-order valence-electron chi connectivity index (χ0n) is 9.84.